The van der Waals surface area contributed by atoms with Crippen molar-refractivity contribution in [2.75, 3.05) is 0 Å². The summed E-state index contributed by atoms with van der Waals surface area (Å²) in [4.78, 5) is 44.5. The molecule has 0 aliphatic rings. The number of aromatic nitrogens is 4. The van der Waals surface area contributed by atoms with Crippen molar-refractivity contribution < 1.29 is 19.7 Å². The van der Waals surface area contributed by atoms with Gasteiger partial charge in [-0.25, -0.2) is 0 Å². The third-order valence-corrected chi connectivity index (χ3v) is 2.34. The fraction of sp³-hybridized carbons (Fsp3) is 0. The average Bonchev–Trinajstić information content (AvgIpc) is 3.08. The Balaban J connectivity index is 2.50. The summed E-state index contributed by atoms with van der Waals surface area (Å²) in [5.74, 6) is -4.60. The van der Waals surface area contributed by atoms with Crippen molar-refractivity contribution in [2.45, 2.75) is 0 Å². The summed E-state index contributed by atoms with van der Waals surface area (Å²) in [5.41, 5.74) is 0. The fourth-order valence-corrected chi connectivity index (χ4v) is 1.45. The van der Waals surface area contributed by atoms with Gasteiger partial charge in [-0.1, -0.05) is 0 Å². The summed E-state index contributed by atoms with van der Waals surface area (Å²) >= 11 is 0. The molecule has 2 rings (SSSR count). The molecule has 18 heteroatoms. The zero-order valence-electron chi connectivity index (χ0n) is 10.9. The molecule has 24 heavy (non-hydrogen) atoms. The predicted octanol–water partition coefficient (Wildman–Crippen LogP) is 0.391. The minimum absolute atomic E-state index is 0.258. The molecular formula is C6H2N10O8. The maximum Gasteiger partial charge on any atom is 0.465 e. The van der Waals surface area contributed by atoms with E-state index < -0.39 is 43.0 Å². The second-order valence-corrected chi connectivity index (χ2v) is 3.68. The van der Waals surface area contributed by atoms with Gasteiger partial charge in [0.15, 0.2) is 0 Å². The van der Waals surface area contributed by atoms with E-state index in [2.05, 4.69) is 20.4 Å². The van der Waals surface area contributed by atoms with E-state index >= 15 is 0 Å². The van der Waals surface area contributed by atoms with Crippen molar-refractivity contribution in [1.82, 2.24) is 19.3 Å². The lowest BCUT2D eigenvalue weighted by molar-refractivity contribution is -0.429. The SMILES string of the molecule is O=[N+]([O-])c1ncn(/N=N/n2cnc([N+](=O)[O-])c2[N+](=O)[O-])c1[N+](=O)[O-]. The lowest BCUT2D eigenvalue weighted by Crippen LogP contribution is -2.01. The van der Waals surface area contributed by atoms with Gasteiger partial charge in [0, 0.05) is 9.97 Å². The van der Waals surface area contributed by atoms with Crippen molar-refractivity contribution >= 4 is 23.3 Å². The fourth-order valence-electron chi connectivity index (χ4n) is 1.45. The number of hydrogen-bond acceptors (Lipinski definition) is 12. The van der Waals surface area contributed by atoms with E-state index in [9.17, 15) is 40.5 Å². The van der Waals surface area contributed by atoms with Crippen LogP contribution in [0.15, 0.2) is 23.1 Å². The summed E-state index contributed by atoms with van der Waals surface area (Å²) in [5, 5.41) is 49.1. The maximum absolute atomic E-state index is 10.8. The Morgan fingerprint density at radius 3 is 1.29 bits per heavy atom. The quantitative estimate of drug-likeness (QED) is 0.397. The number of nitrogens with zero attached hydrogens (tertiary/aromatic N) is 10. The molecule has 0 aliphatic carbocycles. The van der Waals surface area contributed by atoms with Crippen LogP contribution in [0.1, 0.15) is 0 Å². The van der Waals surface area contributed by atoms with Gasteiger partial charge in [0.25, 0.3) is 0 Å². The largest absolute Gasteiger partial charge is 0.465 e. The Morgan fingerprint density at radius 1 is 0.708 bits per heavy atom. The number of hydrogen-bond donors (Lipinski definition) is 0. The van der Waals surface area contributed by atoms with Crippen molar-refractivity contribution in [3.05, 3.63) is 53.1 Å². The van der Waals surface area contributed by atoms with Gasteiger partial charge in [-0.3, -0.25) is 0 Å². The molecule has 0 radical (unpaired) electrons. The first kappa shape index (κ1) is 16.0. The van der Waals surface area contributed by atoms with Crippen LogP contribution >= 0.6 is 0 Å². The second-order valence-electron chi connectivity index (χ2n) is 3.68. The first-order valence-electron chi connectivity index (χ1n) is 5.38. The molecule has 0 atom stereocenters. The van der Waals surface area contributed by atoms with Gasteiger partial charge in [-0.05, 0) is 29.0 Å². The van der Waals surface area contributed by atoms with Crippen LogP contribution in [0.4, 0.5) is 23.3 Å². The molecule has 0 saturated heterocycles. The molecular weight excluding hydrogens is 340 g/mol. The highest BCUT2D eigenvalue weighted by atomic mass is 16.7. The summed E-state index contributed by atoms with van der Waals surface area (Å²) in [6.45, 7) is 0. The zero-order valence-corrected chi connectivity index (χ0v) is 10.9. The smallest absolute Gasteiger partial charge is 0.358 e. The molecule has 0 amide bonds. The van der Waals surface area contributed by atoms with E-state index in [0.717, 1.165) is 0 Å². The average molecular weight is 342 g/mol. The van der Waals surface area contributed by atoms with Crippen molar-refractivity contribution in [3.63, 3.8) is 0 Å². The molecule has 0 unspecified atom stereocenters. The van der Waals surface area contributed by atoms with Crippen molar-refractivity contribution in [2.24, 2.45) is 10.4 Å². The molecule has 0 fully saturated rings. The van der Waals surface area contributed by atoms with Crippen LogP contribution in [-0.2, 0) is 0 Å². The lowest BCUT2D eigenvalue weighted by atomic mass is 10.7. The first-order chi connectivity index (χ1) is 11.2. The van der Waals surface area contributed by atoms with E-state index in [-0.39, 0.29) is 9.35 Å². The molecule has 2 aromatic heterocycles. The minimum atomic E-state index is -1.17. The monoisotopic (exact) mass is 342 g/mol. The highest BCUT2D eigenvalue weighted by Gasteiger charge is 2.35. The van der Waals surface area contributed by atoms with Gasteiger partial charge >= 0.3 is 35.9 Å². The highest BCUT2D eigenvalue weighted by Crippen LogP contribution is 2.26. The van der Waals surface area contributed by atoms with Gasteiger partial charge in [0.05, 0.1) is 10.4 Å². The van der Waals surface area contributed by atoms with E-state index in [4.69, 9.17) is 0 Å². The number of imidazole rings is 2. The molecule has 0 aliphatic heterocycles. The van der Waals surface area contributed by atoms with Crippen LogP contribution < -0.4 is 0 Å². The Kier molecular flexibility index (Phi) is 3.85. The lowest BCUT2D eigenvalue weighted by Gasteiger charge is -1.93. The summed E-state index contributed by atoms with van der Waals surface area (Å²) < 4.78 is 0.515. The van der Waals surface area contributed by atoms with E-state index in [1.807, 2.05) is 0 Å². The molecule has 0 saturated carbocycles. The molecule has 0 aromatic carbocycles. The van der Waals surface area contributed by atoms with Crippen LogP contribution in [0, 0.1) is 40.5 Å². The van der Waals surface area contributed by atoms with Crippen LogP contribution in [0.5, 0.6) is 0 Å². The third kappa shape index (κ3) is 2.68. The zero-order chi connectivity index (χ0) is 18.0. The van der Waals surface area contributed by atoms with E-state index in [1.165, 1.54) is 0 Å². The van der Waals surface area contributed by atoms with E-state index in [1.54, 1.807) is 0 Å². The molecule has 0 spiro atoms. The van der Waals surface area contributed by atoms with Gasteiger partial charge < -0.3 is 40.5 Å². The van der Waals surface area contributed by atoms with Crippen LogP contribution in [0.25, 0.3) is 0 Å². The van der Waals surface area contributed by atoms with Crippen molar-refractivity contribution in [1.29, 1.82) is 0 Å². The minimum Gasteiger partial charge on any atom is -0.358 e. The van der Waals surface area contributed by atoms with Gasteiger partial charge in [-0.2, -0.15) is 0 Å². The van der Waals surface area contributed by atoms with Gasteiger partial charge in [0.1, 0.15) is 0 Å². The first-order valence-corrected chi connectivity index (χ1v) is 5.38. The normalized spacial score (nSPS) is 10.8. The Labute approximate surface area is 127 Å². The molecule has 0 bridgehead atoms. The molecule has 2 heterocycles. The Bertz CT molecular complexity index is 821. The molecule has 2 aromatic rings. The second kappa shape index (κ2) is 5.78. The van der Waals surface area contributed by atoms with E-state index in [0.29, 0.717) is 12.7 Å². The third-order valence-electron chi connectivity index (χ3n) is 2.34. The molecule has 124 valence electrons. The van der Waals surface area contributed by atoms with Crippen LogP contribution in [0.3, 0.4) is 0 Å². The number of nitro groups is 4. The van der Waals surface area contributed by atoms with Gasteiger partial charge in [0.2, 0.25) is 0 Å². The summed E-state index contributed by atoms with van der Waals surface area (Å²) in [6, 6.07) is 0. The molecule has 0 N–H and O–H groups in total. The van der Waals surface area contributed by atoms with Crippen LogP contribution in [-0.4, -0.2) is 39.0 Å². The molecule has 18 nitrogen and oxygen atoms in total. The Morgan fingerprint density at radius 2 is 1.04 bits per heavy atom. The highest BCUT2D eigenvalue weighted by molar-refractivity contribution is 5.41. The maximum atomic E-state index is 10.8. The number of rotatable bonds is 6. The Hall–Kier alpha value is -4.38. The van der Waals surface area contributed by atoms with Crippen LogP contribution in [0.2, 0.25) is 0 Å². The van der Waals surface area contributed by atoms with Crippen molar-refractivity contribution in [3.8, 4) is 0 Å². The standard InChI is InChI=1S/C6H2N10O8/c17-13(18)3-5(15(21)22)11(1-7-3)9-10-12-2-8-4(14(19)20)6(12)16(23)24/h1-2H/b10-9+. The topological polar surface area (TPSA) is 233 Å². The predicted molar refractivity (Wildman–Crippen MR) is 66.7 cm³/mol. The summed E-state index contributed by atoms with van der Waals surface area (Å²) in [7, 11) is 0. The summed E-state index contributed by atoms with van der Waals surface area (Å²) in [6.07, 6.45) is 1.13. The van der Waals surface area contributed by atoms with Gasteiger partial charge in [-0.15, -0.1) is 0 Å².